The molecular formula is C11H9BrN2O4. The number of carbonyl (C=O) groups excluding carboxylic acids is 1. The number of hydrogen-bond donors (Lipinski definition) is 0. The molecule has 0 saturated carbocycles. The molecule has 18 heavy (non-hydrogen) atoms. The largest absolute Gasteiger partial charge is 0.465 e. The minimum atomic E-state index is -0.520. The molecule has 2 aromatic rings. The summed E-state index contributed by atoms with van der Waals surface area (Å²) in [6, 6.07) is 2.77. The Balaban J connectivity index is 2.83. The highest BCUT2D eigenvalue weighted by Gasteiger charge is 2.20. The summed E-state index contributed by atoms with van der Waals surface area (Å²) in [6.45, 7) is 0. The van der Waals surface area contributed by atoms with Gasteiger partial charge < -0.3 is 9.30 Å². The van der Waals surface area contributed by atoms with Gasteiger partial charge in [-0.05, 0) is 15.9 Å². The molecule has 0 amide bonds. The molecule has 0 bridgehead atoms. The van der Waals surface area contributed by atoms with Crippen LogP contribution in [0.1, 0.15) is 10.4 Å². The Morgan fingerprint density at radius 3 is 2.72 bits per heavy atom. The molecule has 1 aromatic heterocycles. The van der Waals surface area contributed by atoms with E-state index in [-0.39, 0.29) is 5.69 Å². The van der Waals surface area contributed by atoms with Crippen LogP contribution in [0.15, 0.2) is 22.8 Å². The Kier molecular flexibility index (Phi) is 3.08. The third kappa shape index (κ3) is 1.86. The maximum atomic E-state index is 11.6. The number of non-ortho nitro benzene ring substituents is 1. The van der Waals surface area contributed by atoms with Crippen LogP contribution in [0.4, 0.5) is 5.69 Å². The van der Waals surface area contributed by atoms with Crippen molar-refractivity contribution in [1.82, 2.24) is 4.57 Å². The zero-order chi connectivity index (χ0) is 13.4. The summed E-state index contributed by atoms with van der Waals surface area (Å²) >= 11 is 3.27. The van der Waals surface area contributed by atoms with Gasteiger partial charge in [-0.1, -0.05) is 0 Å². The van der Waals surface area contributed by atoms with E-state index in [9.17, 15) is 14.9 Å². The van der Waals surface area contributed by atoms with Gasteiger partial charge in [0.15, 0.2) is 0 Å². The Labute approximate surface area is 110 Å². The van der Waals surface area contributed by atoms with Crippen molar-refractivity contribution < 1.29 is 14.5 Å². The number of halogens is 1. The van der Waals surface area contributed by atoms with Crippen molar-refractivity contribution in [3.8, 4) is 0 Å². The summed E-state index contributed by atoms with van der Waals surface area (Å²) < 4.78 is 6.94. The van der Waals surface area contributed by atoms with E-state index in [0.29, 0.717) is 20.9 Å². The third-order valence-electron chi connectivity index (χ3n) is 2.63. The first-order valence-corrected chi connectivity index (χ1v) is 5.76. The fraction of sp³-hybridized carbons (Fsp3) is 0.182. The molecule has 7 heteroatoms. The molecular weight excluding hydrogens is 304 g/mol. The fourth-order valence-corrected chi connectivity index (χ4v) is 2.58. The molecule has 0 aliphatic rings. The highest BCUT2D eigenvalue weighted by Crippen LogP contribution is 2.32. The van der Waals surface area contributed by atoms with E-state index in [4.69, 9.17) is 0 Å². The minimum Gasteiger partial charge on any atom is -0.465 e. The van der Waals surface area contributed by atoms with Crippen molar-refractivity contribution in [2.45, 2.75) is 0 Å². The number of methoxy groups -OCH3 is 1. The maximum absolute atomic E-state index is 11.6. The molecule has 0 saturated heterocycles. The summed E-state index contributed by atoms with van der Waals surface area (Å²) in [5, 5.41) is 11.3. The smallest absolute Gasteiger partial charge is 0.340 e. The predicted molar refractivity (Wildman–Crippen MR) is 68.6 cm³/mol. The molecule has 0 aliphatic heterocycles. The number of nitrogens with zero attached hydrogens (tertiary/aromatic N) is 2. The minimum absolute atomic E-state index is 0.0780. The lowest BCUT2D eigenvalue weighted by atomic mass is 10.1. The molecule has 0 fully saturated rings. The average molecular weight is 313 g/mol. The first kappa shape index (κ1) is 12.6. The molecule has 94 valence electrons. The quantitative estimate of drug-likeness (QED) is 0.485. The topological polar surface area (TPSA) is 74.4 Å². The van der Waals surface area contributed by atoms with Gasteiger partial charge in [0.25, 0.3) is 5.69 Å². The second kappa shape index (κ2) is 4.41. The van der Waals surface area contributed by atoms with Crippen LogP contribution >= 0.6 is 15.9 Å². The van der Waals surface area contributed by atoms with Crippen LogP contribution in [0, 0.1) is 10.1 Å². The van der Waals surface area contributed by atoms with Crippen LogP contribution in [-0.4, -0.2) is 22.6 Å². The van der Waals surface area contributed by atoms with Crippen molar-refractivity contribution in [1.29, 1.82) is 0 Å². The lowest BCUT2D eigenvalue weighted by Gasteiger charge is -2.00. The van der Waals surface area contributed by atoms with Crippen molar-refractivity contribution in [3.05, 3.63) is 38.5 Å². The number of ether oxygens (including phenoxy) is 1. The van der Waals surface area contributed by atoms with Crippen LogP contribution in [0.25, 0.3) is 10.9 Å². The lowest BCUT2D eigenvalue weighted by molar-refractivity contribution is -0.384. The molecule has 0 atom stereocenters. The first-order valence-electron chi connectivity index (χ1n) is 4.97. The Hall–Kier alpha value is -1.89. The normalized spacial score (nSPS) is 10.6. The van der Waals surface area contributed by atoms with E-state index >= 15 is 0 Å². The van der Waals surface area contributed by atoms with Crippen LogP contribution in [0.2, 0.25) is 0 Å². The molecule has 0 aliphatic carbocycles. The number of nitro benzene ring substituents is 1. The maximum Gasteiger partial charge on any atom is 0.340 e. The van der Waals surface area contributed by atoms with Gasteiger partial charge in [-0.25, -0.2) is 4.79 Å². The van der Waals surface area contributed by atoms with Gasteiger partial charge in [-0.3, -0.25) is 10.1 Å². The average Bonchev–Trinajstić information content (AvgIpc) is 2.66. The summed E-state index contributed by atoms with van der Waals surface area (Å²) in [5.74, 6) is -0.520. The second-order valence-corrected chi connectivity index (χ2v) is 4.58. The molecule has 6 nitrogen and oxygen atoms in total. The fourth-order valence-electron chi connectivity index (χ4n) is 1.85. The van der Waals surface area contributed by atoms with Gasteiger partial charge in [0.05, 0.1) is 23.1 Å². The molecule has 0 spiro atoms. The van der Waals surface area contributed by atoms with Gasteiger partial charge in [0, 0.05) is 35.2 Å². The van der Waals surface area contributed by atoms with Crippen molar-refractivity contribution in [2.24, 2.45) is 7.05 Å². The molecule has 0 unspecified atom stereocenters. The number of benzene rings is 1. The second-order valence-electron chi connectivity index (χ2n) is 3.73. The lowest BCUT2D eigenvalue weighted by Crippen LogP contribution is -2.00. The van der Waals surface area contributed by atoms with E-state index < -0.39 is 10.9 Å². The van der Waals surface area contributed by atoms with E-state index in [1.165, 1.54) is 19.2 Å². The van der Waals surface area contributed by atoms with Gasteiger partial charge in [-0.2, -0.15) is 0 Å². The summed E-state index contributed by atoms with van der Waals surface area (Å²) in [4.78, 5) is 21.9. The highest BCUT2D eigenvalue weighted by atomic mass is 79.9. The standard InChI is InChI=1S/C11H9BrN2O4/c1-13-5-8(11(15)18-2)7-3-6(14(16)17)4-9(12)10(7)13/h3-5H,1-2H3. The van der Waals surface area contributed by atoms with Gasteiger partial charge in [-0.15, -0.1) is 0 Å². The molecule has 0 N–H and O–H groups in total. The predicted octanol–water partition coefficient (Wildman–Crippen LogP) is 2.64. The first-order chi connectivity index (χ1) is 8.45. The number of carbonyl (C=O) groups is 1. The zero-order valence-corrected chi connectivity index (χ0v) is 11.2. The van der Waals surface area contributed by atoms with Crippen molar-refractivity contribution in [3.63, 3.8) is 0 Å². The Bertz CT molecular complexity index is 663. The molecule has 0 radical (unpaired) electrons. The van der Waals surface area contributed by atoms with Crippen molar-refractivity contribution in [2.75, 3.05) is 7.11 Å². The monoisotopic (exact) mass is 312 g/mol. The van der Waals surface area contributed by atoms with Gasteiger partial charge in [0.1, 0.15) is 0 Å². The number of hydrogen-bond acceptors (Lipinski definition) is 4. The van der Waals surface area contributed by atoms with Crippen LogP contribution in [-0.2, 0) is 11.8 Å². The molecule has 2 rings (SSSR count). The number of aryl methyl sites for hydroxylation is 1. The number of fused-ring (bicyclic) bond motifs is 1. The zero-order valence-electron chi connectivity index (χ0n) is 9.64. The Morgan fingerprint density at radius 2 is 2.17 bits per heavy atom. The summed E-state index contributed by atoms with van der Waals surface area (Å²) in [6.07, 6.45) is 1.59. The summed E-state index contributed by atoms with van der Waals surface area (Å²) in [5.41, 5.74) is 0.936. The van der Waals surface area contributed by atoms with Gasteiger partial charge in [0.2, 0.25) is 0 Å². The number of nitro groups is 1. The van der Waals surface area contributed by atoms with E-state index in [0.717, 1.165) is 0 Å². The summed E-state index contributed by atoms with van der Waals surface area (Å²) in [7, 11) is 3.03. The Morgan fingerprint density at radius 1 is 1.50 bits per heavy atom. The van der Waals surface area contributed by atoms with Gasteiger partial charge >= 0.3 is 5.97 Å². The number of aromatic nitrogens is 1. The number of esters is 1. The van der Waals surface area contributed by atoms with E-state index in [1.54, 1.807) is 17.8 Å². The van der Waals surface area contributed by atoms with E-state index in [1.807, 2.05) is 0 Å². The van der Waals surface area contributed by atoms with Crippen molar-refractivity contribution >= 4 is 38.5 Å². The van der Waals surface area contributed by atoms with Crippen LogP contribution < -0.4 is 0 Å². The SMILES string of the molecule is COC(=O)c1cn(C)c2c(Br)cc([N+](=O)[O-])cc12. The van der Waals surface area contributed by atoms with Crippen LogP contribution in [0.5, 0.6) is 0 Å². The molecule has 1 heterocycles. The molecule has 1 aromatic carbocycles. The third-order valence-corrected chi connectivity index (χ3v) is 3.23. The highest BCUT2D eigenvalue weighted by molar-refractivity contribution is 9.10. The number of rotatable bonds is 2. The van der Waals surface area contributed by atoms with Crippen LogP contribution in [0.3, 0.4) is 0 Å². The van der Waals surface area contributed by atoms with E-state index in [2.05, 4.69) is 20.7 Å².